The van der Waals surface area contributed by atoms with E-state index in [0.717, 1.165) is 12.5 Å². The summed E-state index contributed by atoms with van der Waals surface area (Å²) < 4.78 is 4.97. The van der Waals surface area contributed by atoms with Crippen molar-refractivity contribution in [2.75, 3.05) is 13.7 Å². The van der Waals surface area contributed by atoms with Gasteiger partial charge in [-0.15, -0.1) is 0 Å². The molecule has 0 saturated heterocycles. The Morgan fingerprint density at radius 3 is 2.18 bits per heavy atom. The SMILES string of the molecule is COCCCCCCC(C)C. The number of methoxy groups -OCH3 is 1. The summed E-state index contributed by atoms with van der Waals surface area (Å²) in [5.74, 6) is 0.873. The summed E-state index contributed by atoms with van der Waals surface area (Å²) in [5, 5.41) is 0. The van der Waals surface area contributed by atoms with Gasteiger partial charge in [0.1, 0.15) is 0 Å². The number of rotatable bonds is 7. The van der Waals surface area contributed by atoms with Crippen LogP contribution in [0.15, 0.2) is 0 Å². The van der Waals surface area contributed by atoms with E-state index in [0.29, 0.717) is 0 Å². The smallest absolute Gasteiger partial charge is 0.0462 e. The summed E-state index contributed by atoms with van der Waals surface area (Å²) in [7, 11) is 1.77. The van der Waals surface area contributed by atoms with E-state index in [9.17, 15) is 0 Å². The van der Waals surface area contributed by atoms with Crippen molar-refractivity contribution in [1.29, 1.82) is 0 Å². The summed E-state index contributed by atoms with van der Waals surface area (Å²) >= 11 is 0. The van der Waals surface area contributed by atoms with E-state index in [1.807, 2.05) is 0 Å². The molecule has 11 heavy (non-hydrogen) atoms. The van der Waals surface area contributed by atoms with Crippen LogP contribution in [0.2, 0.25) is 0 Å². The molecule has 0 aliphatic carbocycles. The predicted octanol–water partition coefficient (Wildman–Crippen LogP) is 3.24. The molecule has 0 fully saturated rings. The van der Waals surface area contributed by atoms with E-state index in [1.165, 1.54) is 32.1 Å². The Morgan fingerprint density at radius 1 is 1.00 bits per heavy atom. The zero-order valence-electron chi connectivity index (χ0n) is 8.23. The topological polar surface area (TPSA) is 9.23 Å². The van der Waals surface area contributed by atoms with Gasteiger partial charge in [0, 0.05) is 13.7 Å². The lowest BCUT2D eigenvalue weighted by molar-refractivity contribution is 0.191. The summed E-state index contributed by atoms with van der Waals surface area (Å²) in [6.07, 6.45) is 6.71. The molecule has 0 unspecified atom stereocenters. The quantitative estimate of drug-likeness (QED) is 0.517. The van der Waals surface area contributed by atoms with Crippen molar-refractivity contribution in [2.24, 2.45) is 5.92 Å². The lowest BCUT2D eigenvalue weighted by atomic mass is 10.0. The molecule has 0 aliphatic heterocycles. The molecule has 1 heteroatoms. The zero-order valence-corrected chi connectivity index (χ0v) is 8.23. The summed E-state index contributed by atoms with van der Waals surface area (Å²) in [6.45, 7) is 5.51. The molecule has 0 aromatic heterocycles. The van der Waals surface area contributed by atoms with Crippen molar-refractivity contribution in [2.45, 2.75) is 46.0 Å². The Kier molecular flexibility index (Phi) is 8.03. The second-order valence-corrected chi connectivity index (χ2v) is 3.59. The second kappa shape index (κ2) is 8.06. The fourth-order valence-electron chi connectivity index (χ4n) is 1.15. The molecule has 0 aliphatic rings. The Hall–Kier alpha value is -0.0400. The molecule has 0 rings (SSSR count). The van der Waals surface area contributed by atoms with Crippen molar-refractivity contribution in [3.05, 3.63) is 0 Å². The lowest BCUT2D eigenvalue weighted by Gasteiger charge is -2.03. The van der Waals surface area contributed by atoms with Gasteiger partial charge in [-0.25, -0.2) is 0 Å². The highest BCUT2D eigenvalue weighted by atomic mass is 16.5. The van der Waals surface area contributed by atoms with Crippen LogP contribution in [0.4, 0.5) is 0 Å². The summed E-state index contributed by atoms with van der Waals surface area (Å²) in [4.78, 5) is 0. The second-order valence-electron chi connectivity index (χ2n) is 3.59. The molecule has 0 N–H and O–H groups in total. The highest BCUT2D eigenvalue weighted by molar-refractivity contribution is 4.47. The fraction of sp³-hybridized carbons (Fsp3) is 1.00. The Balaban J connectivity index is 2.80. The third kappa shape index (κ3) is 9.96. The minimum absolute atomic E-state index is 0.873. The van der Waals surface area contributed by atoms with Gasteiger partial charge < -0.3 is 4.74 Å². The van der Waals surface area contributed by atoms with Crippen LogP contribution in [0.25, 0.3) is 0 Å². The van der Waals surface area contributed by atoms with E-state index in [1.54, 1.807) is 7.11 Å². The molecule has 0 spiro atoms. The maximum absolute atomic E-state index is 4.97. The average molecular weight is 158 g/mol. The number of hydrogen-bond acceptors (Lipinski definition) is 1. The maximum atomic E-state index is 4.97. The first-order chi connectivity index (χ1) is 5.27. The van der Waals surface area contributed by atoms with Crippen LogP contribution in [0.5, 0.6) is 0 Å². The monoisotopic (exact) mass is 158 g/mol. The molecule has 68 valence electrons. The fourth-order valence-corrected chi connectivity index (χ4v) is 1.15. The molecule has 0 amide bonds. The van der Waals surface area contributed by atoms with Crippen molar-refractivity contribution < 1.29 is 4.74 Å². The standard InChI is InChI=1S/C10H22O/c1-10(2)8-6-4-5-7-9-11-3/h10H,4-9H2,1-3H3. The molecular formula is C10H22O. The normalized spacial score (nSPS) is 10.9. The Morgan fingerprint density at radius 2 is 1.64 bits per heavy atom. The number of unbranched alkanes of at least 4 members (excludes halogenated alkanes) is 3. The number of ether oxygens (including phenoxy) is 1. The minimum atomic E-state index is 0.873. The van der Waals surface area contributed by atoms with Crippen LogP contribution in [-0.2, 0) is 4.74 Å². The van der Waals surface area contributed by atoms with Crippen molar-refractivity contribution in [1.82, 2.24) is 0 Å². The van der Waals surface area contributed by atoms with Gasteiger partial charge in [-0.2, -0.15) is 0 Å². The van der Waals surface area contributed by atoms with E-state index in [4.69, 9.17) is 4.74 Å². The summed E-state index contributed by atoms with van der Waals surface area (Å²) in [5.41, 5.74) is 0. The molecule has 0 radical (unpaired) electrons. The van der Waals surface area contributed by atoms with Gasteiger partial charge in [-0.1, -0.05) is 39.5 Å². The third-order valence-electron chi connectivity index (χ3n) is 1.88. The first-order valence-corrected chi connectivity index (χ1v) is 4.76. The molecule has 0 bridgehead atoms. The van der Waals surface area contributed by atoms with Gasteiger partial charge in [0.05, 0.1) is 0 Å². The predicted molar refractivity (Wildman–Crippen MR) is 49.8 cm³/mol. The van der Waals surface area contributed by atoms with Crippen LogP contribution in [-0.4, -0.2) is 13.7 Å². The molecule has 0 atom stereocenters. The van der Waals surface area contributed by atoms with Crippen LogP contribution in [0.3, 0.4) is 0 Å². The first-order valence-electron chi connectivity index (χ1n) is 4.76. The van der Waals surface area contributed by atoms with Crippen LogP contribution in [0.1, 0.15) is 46.0 Å². The highest BCUT2D eigenvalue weighted by Crippen LogP contribution is 2.08. The lowest BCUT2D eigenvalue weighted by Crippen LogP contribution is -1.90. The van der Waals surface area contributed by atoms with Gasteiger partial charge in [0.25, 0.3) is 0 Å². The van der Waals surface area contributed by atoms with Crippen molar-refractivity contribution in [3.8, 4) is 0 Å². The molecule has 0 aromatic rings. The maximum Gasteiger partial charge on any atom is 0.0462 e. The van der Waals surface area contributed by atoms with Crippen LogP contribution in [0, 0.1) is 5.92 Å². The molecular weight excluding hydrogens is 136 g/mol. The van der Waals surface area contributed by atoms with Gasteiger partial charge in [-0.05, 0) is 12.3 Å². The van der Waals surface area contributed by atoms with Crippen molar-refractivity contribution in [3.63, 3.8) is 0 Å². The molecule has 0 saturated carbocycles. The van der Waals surface area contributed by atoms with E-state index >= 15 is 0 Å². The molecule has 0 aromatic carbocycles. The first kappa shape index (κ1) is 11.0. The van der Waals surface area contributed by atoms with Crippen molar-refractivity contribution >= 4 is 0 Å². The van der Waals surface area contributed by atoms with Gasteiger partial charge in [0.2, 0.25) is 0 Å². The van der Waals surface area contributed by atoms with E-state index in [2.05, 4.69) is 13.8 Å². The Labute approximate surface area is 71.1 Å². The third-order valence-corrected chi connectivity index (χ3v) is 1.88. The average Bonchev–Trinajstić information content (AvgIpc) is 1.96. The zero-order chi connectivity index (χ0) is 8.53. The van der Waals surface area contributed by atoms with Crippen LogP contribution >= 0.6 is 0 Å². The van der Waals surface area contributed by atoms with Gasteiger partial charge >= 0.3 is 0 Å². The summed E-state index contributed by atoms with van der Waals surface area (Å²) in [6, 6.07) is 0. The Bertz CT molecular complexity index is 69.3. The van der Waals surface area contributed by atoms with Crippen LogP contribution < -0.4 is 0 Å². The van der Waals surface area contributed by atoms with Gasteiger partial charge in [0.15, 0.2) is 0 Å². The highest BCUT2D eigenvalue weighted by Gasteiger charge is 1.93. The van der Waals surface area contributed by atoms with E-state index < -0.39 is 0 Å². The van der Waals surface area contributed by atoms with E-state index in [-0.39, 0.29) is 0 Å². The molecule has 1 nitrogen and oxygen atoms in total. The van der Waals surface area contributed by atoms with Gasteiger partial charge in [-0.3, -0.25) is 0 Å². The largest absolute Gasteiger partial charge is 0.385 e. The minimum Gasteiger partial charge on any atom is -0.385 e. The molecule has 0 heterocycles. The number of hydrogen-bond donors (Lipinski definition) is 0.